The highest BCUT2D eigenvalue weighted by atomic mass is 35.5. The van der Waals surface area contributed by atoms with Gasteiger partial charge in [0, 0.05) is 22.8 Å². The number of aromatic nitrogens is 1. The van der Waals surface area contributed by atoms with Gasteiger partial charge in [-0.25, -0.2) is 0 Å². The summed E-state index contributed by atoms with van der Waals surface area (Å²) >= 11 is 12.2. The number of furan rings is 1. The Bertz CT molecular complexity index is 1380. The van der Waals surface area contributed by atoms with Gasteiger partial charge in [-0.05, 0) is 67.2 Å². The molecule has 8 heteroatoms. The van der Waals surface area contributed by atoms with Crippen LogP contribution in [-0.2, 0) is 0 Å². The highest BCUT2D eigenvalue weighted by Crippen LogP contribution is 2.46. The van der Waals surface area contributed by atoms with Gasteiger partial charge in [-0.3, -0.25) is 4.98 Å². The Labute approximate surface area is 214 Å². The average Bonchev–Trinajstić information content (AvgIpc) is 3.50. The van der Waals surface area contributed by atoms with Crippen LogP contribution in [0.4, 0.5) is 5.69 Å². The van der Waals surface area contributed by atoms with E-state index in [2.05, 4.69) is 10.3 Å². The first kappa shape index (κ1) is 23.2. The molecular formula is C27H24ClN3O3S. The largest absolute Gasteiger partial charge is 0.497 e. The lowest BCUT2D eigenvalue weighted by atomic mass is 10.0. The van der Waals surface area contributed by atoms with E-state index in [1.165, 1.54) is 0 Å². The minimum atomic E-state index is -0.327. The molecule has 6 nitrogen and oxygen atoms in total. The molecule has 35 heavy (non-hydrogen) atoms. The summed E-state index contributed by atoms with van der Waals surface area (Å²) in [5.41, 5.74) is 3.52. The smallest absolute Gasteiger partial charge is 0.174 e. The fourth-order valence-corrected chi connectivity index (χ4v) is 4.93. The van der Waals surface area contributed by atoms with Crippen molar-refractivity contribution in [3.63, 3.8) is 0 Å². The van der Waals surface area contributed by atoms with Crippen molar-refractivity contribution in [2.45, 2.75) is 19.0 Å². The number of ether oxygens (including phenoxy) is 2. The normalized spacial score (nSPS) is 17.4. The summed E-state index contributed by atoms with van der Waals surface area (Å²) in [4.78, 5) is 6.61. The van der Waals surface area contributed by atoms with Crippen LogP contribution in [0.25, 0.3) is 11.3 Å². The second kappa shape index (κ2) is 9.60. The van der Waals surface area contributed by atoms with E-state index in [9.17, 15) is 0 Å². The van der Waals surface area contributed by atoms with Crippen molar-refractivity contribution in [3.8, 4) is 22.8 Å². The molecule has 0 spiro atoms. The third-order valence-electron chi connectivity index (χ3n) is 6.20. The molecule has 3 heterocycles. The number of anilines is 1. The standard InChI is InChI=1S/C27H24ClN3O3S/c1-16-18(7-6-8-19(16)28)22-12-13-24(34-22)26-25(20-9-4-5-14-29-20)30-27(35)31(26)21-15-17(32-2)10-11-23(21)33-3/h4-15,25-26H,1-3H3,(H,30,35)/t25-,26+/m1/s1. The fourth-order valence-electron chi connectivity index (χ4n) is 4.42. The summed E-state index contributed by atoms with van der Waals surface area (Å²) in [5, 5.41) is 4.67. The van der Waals surface area contributed by atoms with E-state index in [0.717, 1.165) is 34.0 Å². The number of methoxy groups -OCH3 is 2. The first-order valence-electron chi connectivity index (χ1n) is 11.1. The quantitative estimate of drug-likeness (QED) is 0.300. The minimum Gasteiger partial charge on any atom is -0.497 e. The molecule has 1 fully saturated rings. The molecular weight excluding hydrogens is 482 g/mol. The van der Waals surface area contributed by atoms with Gasteiger partial charge in [0.25, 0.3) is 0 Å². The monoisotopic (exact) mass is 505 g/mol. The summed E-state index contributed by atoms with van der Waals surface area (Å²) in [6.07, 6.45) is 1.77. The Morgan fingerprint density at radius 2 is 1.89 bits per heavy atom. The predicted molar refractivity (Wildman–Crippen MR) is 141 cm³/mol. The van der Waals surface area contributed by atoms with Gasteiger partial charge in [0.2, 0.25) is 0 Å². The average molecular weight is 506 g/mol. The molecule has 0 saturated carbocycles. The van der Waals surface area contributed by atoms with Crippen LogP contribution in [0.2, 0.25) is 5.02 Å². The Balaban J connectivity index is 1.65. The predicted octanol–water partition coefficient (Wildman–Crippen LogP) is 6.50. The van der Waals surface area contributed by atoms with Crippen molar-refractivity contribution < 1.29 is 13.9 Å². The maximum absolute atomic E-state index is 6.47. The fraction of sp³-hybridized carbons (Fsp3) is 0.185. The van der Waals surface area contributed by atoms with Crippen LogP contribution >= 0.6 is 23.8 Å². The molecule has 5 rings (SSSR count). The Morgan fingerprint density at radius 1 is 1.03 bits per heavy atom. The van der Waals surface area contributed by atoms with Crippen LogP contribution < -0.4 is 19.7 Å². The Morgan fingerprint density at radius 3 is 2.63 bits per heavy atom. The van der Waals surface area contributed by atoms with Crippen LogP contribution in [0, 0.1) is 6.92 Å². The number of pyridine rings is 1. The lowest BCUT2D eigenvalue weighted by Gasteiger charge is -2.27. The number of halogens is 1. The van der Waals surface area contributed by atoms with Gasteiger partial charge in [0.1, 0.15) is 29.1 Å². The molecule has 178 valence electrons. The van der Waals surface area contributed by atoms with E-state index in [1.54, 1.807) is 20.4 Å². The third kappa shape index (κ3) is 4.22. The summed E-state index contributed by atoms with van der Waals surface area (Å²) in [5.74, 6) is 2.82. The summed E-state index contributed by atoms with van der Waals surface area (Å²) in [6, 6.07) is 20.6. The van der Waals surface area contributed by atoms with E-state index in [0.29, 0.717) is 21.6 Å². The van der Waals surface area contributed by atoms with Crippen LogP contribution in [0.1, 0.15) is 29.1 Å². The van der Waals surface area contributed by atoms with E-state index < -0.39 is 0 Å². The van der Waals surface area contributed by atoms with Gasteiger partial charge in [-0.15, -0.1) is 0 Å². The number of thiocarbonyl (C=S) groups is 1. The molecule has 1 aliphatic rings. The summed E-state index contributed by atoms with van der Waals surface area (Å²) in [7, 11) is 3.27. The Hall–Kier alpha value is -3.55. The van der Waals surface area contributed by atoms with E-state index in [1.807, 2.05) is 78.6 Å². The number of nitrogens with one attached hydrogen (secondary N) is 1. The van der Waals surface area contributed by atoms with E-state index in [-0.39, 0.29) is 12.1 Å². The molecule has 1 N–H and O–H groups in total. The van der Waals surface area contributed by atoms with Crippen LogP contribution in [0.15, 0.2) is 77.3 Å². The van der Waals surface area contributed by atoms with E-state index >= 15 is 0 Å². The topological polar surface area (TPSA) is 59.8 Å². The van der Waals surface area contributed by atoms with Crippen LogP contribution in [-0.4, -0.2) is 24.3 Å². The van der Waals surface area contributed by atoms with Crippen molar-refractivity contribution in [3.05, 3.63) is 95.0 Å². The summed E-state index contributed by atoms with van der Waals surface area (Å²) in [6.45, 7) is 1.98. The van der Waals surface area contributed by atoms with Crippen LogP contribution in [0.5, 0.6) is 11.5 Å². The van der Waals surface area contributed by atoms with Crippen molar-refractivity contribution in [2.75, 3.05) is 19.1 Å². The number of rotatable bonds is 6. The summed E-state index contributed by atoms with van der Waals surface area (Å²) < 4.78 is 17.7. The number of hydrogen-bond donors (Lipinski definition) is 1. The first-order valence-corrected chi connectivity index (χ1v) is 11.9. The third-order valence-corrected chi connectivity index (χ3v) is 6.92. The number of benzene rings is 2. The molecule has 1 saturated heterocycles. The molecule has 2 atom stereocenters. The molecule has 4 aromatic rings. The minimum absolute atomic E-state index is 0.251. The Kier molecular flexibility index (Phi) is 6.36. The zero-order valence-corrected chi connectivity index (χ0v) is 21.1. The molecule has 0 aliphatic carbocycles. The van der Waals surface area contributed by atoms with Crippen molar-refractivity contribution in [1.82, 2.24) is 10.3 Å². The molecule has 2 aromatic heterocycles. The lowest BCUT2D eigenvalue weighted by Crippen LogP contribution is -2.29. The number of nitrogens with zero attached hydrogens (tertiary/aromatic N) is 2. The maximum Gasteiger partial charge on any atom is 0.174 e. The molecule has 2 aromatic carbocycles. The second-order valence-corrected chi connectivity index (χ2v) is 8.94. The highest BCUT2D eigenvalue weighted by molar-refractivity contribution is 7.80. The van der Waals surface area contributed by atoms with E-state index in [4.69, 9.17) is 37.7 Å². The van der Waals surface area contributed by atoms with Gasteiger partial charge >= 0.3 is 0 Å². The van der Waals surface area contributed by atoms with Crippen molar-refractivity contribution in [2.24, 2.45) is 0 Å². The highest BCUT2D eigenvalue weighted by Gasteiger charge is 2.43. The molecule has 0 radical (unpaired) electrons. The van der Waals surface area contributed by atoms with Gasteiger partial charge < -0.3 is 24.1 Å². The number of hydrogen-bond acceptors (Lipinski definition) is 5. The zero-order chi connectivity index (χ0) is 24.5. The van der Waals surface area contributed by atoms with Gasteiger partial charge in [-0.2, -0.15) is 0 Å². The first-order chi connectivity index (χ1) is 17.0. The SMILES string of the molecule is COc1ccc(OC)c(N2C(=S)N[C@H](c3ccccn3)[C@@H]2c2ccc(-c3cccc(Cl)c3C)o2)c1. The second-order valence-electron chi connectivity index (χ2n) is 8.15. The molecule has 0 amide bonds. The molecule has 1 aliphatic heterocycles. The molecule has 0 bridgehead atoms. The lowest BCUT2D eigenvalue weighted by molar-refractivity contribution is 0.400. The molecule has 0 unspecified atom stereocenters. The van der Waals surface area contributed by atoms with Gasteiger partial charge in [0.05, 0.1) is 31.6 Å². The van der Waals surface area contributed by atoms with Crippen molar-refractivity contribution in [1.29, 1.82) is 0 Å². The van der Waals surface area contributed by atoms with Gasteiger partial charge in [0.15, 0.2) is 5.11 Å². The van der Waals surface area contributed by atoms with Crippen molar-refractivity contribution >= 4 is 34.6 Å². The zero-order valence-electron chi connectivity index (χ0n) is 19.5. The maximum atomic E-state index is 6.47. The van der Waals surface area contributed by atoms with Gasteiger partial charge in [-0.1, -0.05) is 29.8 Å². The van der Waals surface area contributed by atoms with Crippen LogP contribution in [0.3, 0.4) is 0 Å².